The number of nitrogens with zero attached hydrogens (tertiary/aromatic N) is 3. The third-order valence-electron chi connectivity index (χ3n) is 5.62. The highest BCUT2D eigenvalue weighted by molar-refractivity contribution is 7.89. The van der Waals surface area contributed by atoms with E-state index in [0.717, 1.165) is 30.9 Å². The molecule has 2 aromatic rings. The molecule has 1 heterocycles. The van der Waals surface area contributed by atoms with Crippen LogP contribution in [0.2, 0.25) is 5.02 Å². The summed E-state index contributed by atoms with van der Waals surface area (Å²) >= 11 is 5.80. The zero-order chi connectivity index (χ0) is 21.5. The van der Waals surface area contributed by atoms with Crippen molar-refractivity contribution in [1.29, 1.82) is 0 Å². The molecular weight excluding hydrogens is 430 g/mol. The second-order valence-corrected chi connectivity index (χ2v) is 9.75. The topological polar surface area (TPSA) is 101 Å². The van der Waals surface area contributed by atoms with Gasteiger partial charge in [0, 0.05) is 37.8 Å². The number of rotatable bonds is 4. The molecule has 2 aliphatic rings. The van der Waals surface area contributed by atoms with Crippen molar-refractivity contribution >= 4 is 33.2 Å². The van der Waals surface area contributed by atoms with E-state index in [1.807, 2.05) is 6.07 Å². The average Bonchev–Trinajstić information content (AvgIpc) is 3.21. The molecule has 1 saturated heterocycles. The van der Waals surface area contributed by atoms with Crippen LogP contribution in [-0.4, -0.2) is 54.6 Å². The van der Waals surface area contributed by atoms with Crippen LogP contribution in [0.5, 0.6) is 0 Å². The smallest absolute Gasteiger partial charge is 0.288 e. The van der Waals surface area contributed by atoms with Crippen LogP contribution in [-0.2, 0) is 22.9 Å². The monoisotopic (exact) mass is 449 g/mol. The molecule has 1 fully saturated rings. The number of nitro groups is 1. The molecule has 1 aliphatic heterocycles. The zero-order valence-corrected chi connectivity index (χ0v) is 17.7. The van der Waals surface area contributed by atoms with Crippen molar-refractivity contribution in [2.75, 3.05) is 26.2 Å². The Morgan fingerprint density at radius 2 is 1.70 bits per heavy atom. The van der Waals surface area contributed by atoms with E-state index in [-0.39, 0.29) is 53.3 Å². The fourth-order valence-corrected chi connectivity index (χ4v) is 5.62. The van der Waals surface area contributed by atoms with Crippen molar-refractivity contribution < 1.29 is 18.1 Å². The Morgan fingerprint density at radius 3 is 2.40 bits per heavy atom. The van der Waals surface area contributed by atoms with Crippen LogP contribution in [0.25, 0.3) is 0 Å². The lowest BCUT2D eigenvalue weighted by Gasteiger charge is -2.34. The minimum atomic E-state index is -3.63. The number of aryl methyl sites for hydroxylation is 2. The van der Waals surface area contributed by atoms with Gasteiger partial charge >= 0.3 is 0 Å². The molecule has 0 unspecified atom stereocenters. The number of hydrogen-bond donors (Lipinski definition) is 0. The summed E-state index contributed by atoms with van der Waals surface area (Å²) < 4.78 is 27.4. The molecule has 1 aliphatic carbocycles. The summed E-state index contributed by atoms with van der Waals surface area (Å²) in [5, 5.41) is 11.0. The Bertz CT molecular complexity index is 1130. The minimum absolute atomic E-state index is 0.0400. The van der Waals surface area contributed by atoms with E-state index in [9.17, 15) is 23.3 Å². The van der Waals surface area contributed by atoms with Crippen molar-refractivity contribution in [3.05, 3.63) is 68.2 Å². The van der Waals surface area contributed by atoms with Gasteiger partial charge in [0.2, 0.25) is 10.0 Å². The molecular formula is C20H20ClN3O5S. The highest BCUT2D eigenvalue weighted by Crippen LogP contribution is 2.28. The Kier molecular flexibility index (Phi) is 5.52. The molecule has 0 saturated carbocycles. The van der Waals surface area contributed by atoms with E-state index < -0.39 is 14.9 Å². The van der Waals surface area contributed by atoms with E-state index >= 15 is 0 Å². The van der Waals surface area contributed by atoms with E-state index in [1.165, 1.54) is 26.9 Å². The van der Waals surface area contributed by atoms with Crippen molar-refractivity contribution in [3.63, 3.8) is 0 Å². The van der Waals surface area contributed by atoms with E-state index in [0.29, 0.717) is 0 Å². The van der Waals surface area contributed by atoms with E-state index in [1.54, 1.807) is 12.1 Å². The highest BCUT2D eigenvalue weighted by atomic mass is 35.5. The average molecular weight is 450 g/mol. The Labute approximate surface area is 179 Å². The van der Waals surface area contributed by atoms with Crippen LogP contribution in [0.3, 0.4) is 0 Å². The van der Waals surface area contributed by atoms with Gasteiger partial charge in [-0.25, -0.2) is 8.42 Å². The van der Waals surface area contributed by atoms with Gasteiger partial charge in [0.15, 0.2) is 0 Å². The van der Waals surface area contributed by atoms with Gasteiger partial charge in [-0.15, -0.1) is 0 Å². The Hall–Kier alpha value is -2.49. The number of sulfonamides is 1. The number of nitro benzene ring substituents is 1. The van der Waals surface area contributed by atoms with Gasteiger partial charge in [0.1, 0.15) is 5.02 Å². The molecule has 2 aromatic carbocycles. The van der Waals surface area contributed by atoms with Gasteiger partial charge in [-0.05, 0) is 54.7 Å². The molecule has 4 rings (SSSR count). The molecule has 0 spiro atoms. The molecule has 0 bridgehead atoms. The second kappa shape index (κ2) is 7.98. The maximum Gasteiger partial charge on any atom is 0.288 e. The fraction of sp³-hybridized carbons (Fsp3) is 0.350. The van der Waals surface area contributed by atoms with Crippen LogP contribution in [0.4, 0.5) is 5.69 Å². The summed E-state index contributed by atoms with van der Waals surface area (Å²) in [4.78, 5) is 24.9. The third-order valence-corrected chi connectivity index (χ3v) is 7.84. The van der Waals surface area contributed by atoms with Gasteiger partial charge in [-0.1, -0.05) is 17.7 Å². The molecule has 1 amide bonds. The van der Waals surface area contributed by atoms with Crippen LogP contribution in [0.1, 0.15) is 27.9 Å². The number of piperazine rings is 1. The number of amides is 1. The van der Waals surface area contributed by atoms with Gasteiger partial charge < -0.3 is 4.90 Å². The van der Waals surface area contributed by atoms with Crippen LogP contribution >= 0.6 is 11.6 Å². The first-order chi connectivity index (χ1) is 14.3. The summed E-state index contributed by atoms with van der Waals surface area (Å²) in [5.74, 6) is -0.385. The number of fused-ring (bicyclic) bond motifs is 1. The van der Waals surface area contributed by atoms with E-state index in [2.05, 4.69) is 0 Å². The number of benzene rings is 2. The number of carbonyl (C=O) groups excluding carboxylic acids is 1. The van der Waals surface area contributed by atoms with Crippen molar-refractivity contribution in [1.82, 2.24) is 9.21 Å². The number of hydrogen-bond acceptors (Lipinski definition) is 5. The first-order valence-electron chi connectivity index (χ1n) is 9.62. The number of carbonyl (C=O) groups is 1. The molecule has 10 heteroatoms. The summed E-state index contributed by atoms with van der Waals surface area (Å²) in [6, 6.07) is 9.22. The molecule has 158 valence electrons. The summed E-state index contributed by atoms with van der Waals surface area (Å²) in [6.07, 6.45) is 2.93. The SMILES string of the molecule is O=C(c1ccc(Cl)c([N+](=O)[O-])c1)N1CCN(S(=O)(=O)c2ccc3c(c2)CCC3)CC1. The normalized spacial score (nSPS) is 17.0. The van der Waals surface area contributed by atoms with Crippen LogP contribution < -0.4 is 0 Å². The van der Waals surface area contributed by atoms with Gasteiger partial charge in [-0.3, -0.25) is 14.9 Å². The van der Waals surface area contributed by atoms with E-state index in [4.69, 9.17) is 11.6 Å². The van der Waals surface area contributed by atoms with Gasteiger partial charge in [0.25, 0.3) is 11.6 Å². The highest BCUT2D eigenvalue weighted by Gasteiger charge is 2.31. The van der Waals surface area contributed by atoms with Crippen LogP contribution in [0, 0.1) is 10.1 Å². The quantitative estimate of drug-likeness (QED) is 0.527. The maximum absolute atomic E-state index is 13.0. The summed E-state index contributed by atoms with van der Waals surface area (Å²) in [5.41, 5.74) is 2.12. The largest absolute Gasteiger partial charge is 0.336 e. The first-order valence-corrected chi connectivity index (χ1v) is 11.4. The summed E-state index contributed by atoms with van der Waals surface area (Å²) in [6.45, 7) is 0.751. The van der Waals surface area contributed by atoms with Crippen molar-refractivity contribution in [3.8, 4) is 0 Å². The standard InChI is InChI=1S/C20H20ClN3O5S/c21-18-7-5-16(13-19(18)24(26)27)20(25)22-8-10-23(11-9-22)30(28,29)17-6-4-14-2-1-3-15(14)12-17/h4-7,12-13H,1-3,8-11H2. The summed E-state index contributed by atoms with van der Waals surface area (Å²) in [7, 11) is -3.63. The predicted molar refractivity (Wildman–Crippen MR) is 111 cm³/mol. The van der Waals surface area contributed by atoms with Gasteiger partial charge in [-0.2, -0.15) is 4.31 Å². The lowest BCUT2D eigenvalue weighted by molar-refractivity contribution is -0.384. The first kappa shape index (κ1) is 20.8. The lowest BCUT2D eigenvalue weighted by Crippen LogP contribution is -2.50. The molecule has 0 radical (unpaired) electrons. The van der Waals surface area contributed by atoms with Gasteiger partial charge in [0.05, 0.1) is 9.82 Å². The molecule has 30 heavy (non-hydrogen) atoms. The Balaban J connectivity index is 1.46. The molecule has 0 atom stereocenters. The molecule has 0 aromatic heterocycles. The number of halogens is 1. The molecule has 8 nitrogen and oxygen atoms in total. The lowest BCUT2D eigenvalue weighted by atomic mass is 10.1. The maximum atomic E-state index is 13.0. The van der Waals surface area contributed by atoms with Crippen molar-refractivity contribution in [2.45, 2.75) is 24.2 Å². The fourth-order valence-electron chi connectivity index (χ4n) is 3.96. The Morgan fingerprint density at radius 1 is 1.00 bits per heavy atom. The third kappa shape index (κ3) is 3.80. The molecule has 0 N–H and O–H groups in total. The van der Waals surface area contributed by atoms with Crippen LogP contribution in [0.15, 0.2) is 41.3 Å². The minimum Gasteiger partial charge on any atom is -0.336 e. The van der Waals surface area contributed by atoms with Crippen molar-refractivity contribution in [2.24, 2.45) is 0 Å². The zero-order valence-electron chi connectivity index (χ0n) is 16.1. The second-order valence-electron chi connectivity index (χ2n) is 7.40. The predicted octanol–water partition coefficient (Wildman–Crippen LogP) is 2.88.